The molecule has 0 aromatic carbocycles. The molecule has 5 rings (SSSR count). The fraction of sp³-hybridized carbons (Fsp3) is 0.786. The van der Waals surface area contributed by atoms with Crippen LogP contribution in [0.1, 0.15) is 49.8 Å². The summed E-state index contributed by atoms with van der Waals surface area (Å²) in [6.07, 6.45) is 8.12. The van der Waals surface area contributed by atoms with E-state index in [4.69, 9.17) is 16.0 Å². The van der Waals surface area contributed by atoms with Crippen LogP contribution in [0.15, 0.2) is 4.52 Å². The lowest BCUT2D eigenvalue weighted by Gasteiger charge is -2.56. The van der Waals surface area contributed by atoms with Gasteiger partial charge in [-0.1, -0.05) is 5.16 Å². The Morgan fingerprint density at radius 2 is 1.67 bits per heavy atom. The Labute approximate surface area is 107 Å². The van der Waals surface area contributed by atoms with Gasteiger partial charge in [0.25, 0.3) is 0 Å². The van der Waals surface area contributed by atoms with Gasteiger partial charge in [-0.05, 0) is 56.3 Å². The average molecular weight is 247 g/mol. The summed E-state index contributed by atoms with van der Waals surface area (Å²) in [7, 11) is 0. The Kier molecular flexibility index (Phi) is 2.11. The van der Waals surface area contributed by atoms with Gasteiger partial charge < -0.3 is 16.0 Å². The van der Waals surface area contributed by atoms with Crippen molar-refractivity contribution in [3.05, 3.63) is 11.3 Å². The lowest BCUT2D eigenvalue weighted by atomic mass is 9.48. The first kappa shape index (κ1) is 10.9. The lowest BCUT2D eigenvalue weighted by Crippen LogP contribution is -2.49. The molecule has 0 unspecified atom stereocenters. The van der Waals surface area contributed by atoms with E-state index >= 15 is 0 Å². The van der Waals surface area contributed by atoms with Crippen LogP contribution in [0.25, 0.3) is 0 Å². The summed E-state index contributed by atoms with van der Waals surface area (Å²) in [4.78, 5) is 0. The van der Waals surface area contributed by atoms with Crippen molar-refractivity contribution in [2.45, 2.75) is 50.5 Å². The van der Waals surface area contributed by atoms with Gasteiger partial charge in [-0.3, -0.25) is 0 Å². The molecule has 4 nitrogen and oxygen atoms in total. The van der Waals surface area contributed by atoms with Crippen molar-refractivity contribution in [1.29, 1.82) is 0 Å². The molecule has 4 saturated carbocycles. The fourth-order valence-electron chi connectivity index (χ4n) is 5.46. The molecule has 4 aliphatic carbocycles. The zero-order chi connectivity index (χ0) is 12.3. The first-order valence-electron chi connectivity index (χ1n) is 7.15. The maximum atomic E-state index is 6.05. The zero-order valence-electron chi connectivity index (χ0n) is 10.7. The second-order valence-corrected chi connectivity index (χ2v) is 6.77. The van der Waals surface area contributed by atoms with Crippen molar-refractivity contribution >= 4 is 5.88 Å². The van der Waals surface area contributed by atoms with Gasteiger partial charge in [-0.25, -0.2) is 0 Å². The van der Waals surface area contributed by atoms with Gasteiger partial charge in [-0.15, -0.1) is 0 Å². The van der Waals surface area contributed by atoms with Crippen LogP contribution < -0.4 is 11.5 Å². The molecule has 1 aromatic rings. The molecule has 0 amide bonds. The Balaban J connectivity index is 1.81. The normalized spacial score (nSPS) is 41.5. The van der Waals surface area contributed by atoms with Crippen molar-refractivity contribution in [3.63, 3.8) is 0 Å². The highest BCUT2D eigenvalue weighted by atomic mass is 16.5. The van der Waals surface area contributed by atoms with E-state index in [2.05, 4.69) is 5.16 Å². The van der Waals surface area contributed by atoms with E-state index in [0.29, 0.717) is 12.4 Å². The fourth-order valence-corrected chi connectivity index (χ4v) is 5.46. The molecule has 0 radical (unpaired) electrons. The quantitative estimate of drug-likeness (QED) is 0.839. The van der Waals surface area contributed by atoms with Crippen LogP contribution in [0.4, 0.5) is 5.88 Å². The summed E-state index contributed by atoms with van der Waals surface area (Å²) in [5.74, 6) is 3.22. The van der Waals surface area contributed by atoms with Crippen molar-refractivity contribution < 1.29 is 4.52 Å². The molecule has 4 heteroatoms. The molecule has 4 aliphatic rings. The van der Waals surface area contributed by atoms with E-state index in [-0.39, 0.29) is 5.41 Å². The third kappa shape index (κ3) is 1.32. The van der Waals surface area contributed by atoms with Crippen LogP contribution in [0, 0.1) is 17.8 Å². The second-order valence-electron chi connectivity index (χ2n) is 6.77. The highest BCUT2D eigenvalue weighted by molar-refractivity contribution is 5.46. The Morgan fingerprint density at radius 3 is 2.17 bits per heavy atom. The van der Waals surface area contributed by atoms with E-state index < -0.39 is 0 Å². The third-order valence-corrected chi connectivity index (χ3v) is 5.55. The second kappa shape index (κ2) is 3.50. The van der Waals surface area contributed by atoms with Crippen molar-refractivity contribution in [1.82, 2.24) is 5.16 Å². The van der Waals surface area contributed by atoms with Gasteiger partial charge >= 0.3 is 0 Å². The number of rotatable bonds is 2. The van der Waals surface area contributed by atoms with E-state index in [0.717, 1.165) is 23.4 Å². The largest absolute Gasteiger partial charge is 0.367 e. The van der Waals surface area contributed by atoms with Crippen molar-refractivity contribution in [2.24, 2.45) is 23.5 Å². The van der Waals surface area contributed by atoms with E-state index in [1.807, 2.05) is 0 Å². The van der Waals surface area contributed by atoms with Gasteiger partial charge in [-0.2, -0.15) is 0 Å². The summed E-state index contributed by atoms with van der Waals surface area (Å²) in [6.45, 7) is 0.442. The molecular formula is C14H21N3O. The minimum Gasteiger partial charge on any atom is -0.367 e. The maximum Gasteiger partial charge on any atom is 0.226 e. The molecule has 0 atom stereocenters. The van der Waals surface area contributed by atoms with Crippen LogP contribution in [0.3, 0.4) is 0 Å². The standard InChI is InChI=1S/C14H21N3O/c15-7-11-12(13(16)18-17-11)14-4-8-1-9(5-14)3-10(2-8)6-14/h8-10H,1-7,15-16H2. The van der Waals surface area contributed by atoms with Crippen LogP contribution in [-0.4, -0.2) is 5.16 Å². The predicted octanol–water partition coefficient (Wildman–Crippen LogP) is 2.18. The summed E-state index contributed by atoms with van der Waals surface area (Å²) in [5.41, 5.74) is 14.2. The summed E-state index contributed by atoms with van der Waals surface area (Å²) in [6, 6.07) is 0. The van der Waals surface area contributed by atoms with Gasteiger partial charge in [0, 0.05) is 17.5 Å². The third-order valence-electron chi connectivity index (χ3n) is 5.55. The lowest BCUT2D eigenvalue weighted by molar-refractivity contribution is -0.00534. The number of hydrogen-bond donors (Lipinski definition) is 2. The highest BCUT2D eigenvalue weighted by Gasteiger charge is 2.53. The molecule has 4 N–H and O–H groups in total. The molecule has 1 heterocycles. The zero-order valence-corrected chi connectivity index (χ0v) is 10.7. The first-order chi connectivity index (χ1) is 8.70. The van der Waals surface area contributed by atoms with E-state index in [1.54, 1.807) is 0 Å². The highest BCUT2D eigenvalue weighted by Crippen LogP contribution is 2.61. The molecule has 98 valence electrons. The first-order valence-corrected chi connectivity index (χ1v) is 7.15. The molecular weight excluding hydrogens is 226 g/mol. The monoisotopic (exact) mass is 247 g/mol. The van der Waals surface area contributed by atoms with E-state index in [9.17, 15) is 0 Å². The average Bonchev–Trinajstić information content (AvgIpc) is 2.69. The van der Waals surface area contributed by atoms with Gasteiger partial charge in [0.05, 0.1) is 0 Å². The number of hydrogen-bond acceptors (Lipinski definition) is 4. The van der Waals surface area contributed by atoms with Crippen LogP contribution in [-0.2, 0) is 12.0 Å². The van der Waals surface area contributed by atoms with Gasteiger partial charge in [0.15, 0.2) is 0 Å². The summed E-state index contributed by atoms with van der Waals surface area (Å²) < 4.78 is 5.22. The van der Waals surface area contributed by atoms with E-state index in [1.165, 1.54) is 44.1 Å². The minimum absolute atomic E-state index is 0.244. The van der Waals surface area contributed by atoms with Gasteiger partial charge in [0.2, 0.25) is 5.88 Å². The molecule has 0 saturated heterocycles. The molecule has 0 aliphatic heterocycles. The van der Waals surface area contributed by atoms with Crippen molar-refractivity contribution in [2.75, 3.05) is 5.73 Å². The van der Waals surface area contributed by atoms with Crippen LogP contribution >= 0.6 is 0 Å². The maximum absolute atomic E-state index is 6.05. The number of nitrogens with two attached hydrogens (primary N) is 2. The number of nitrogens with zero attached hydrogens (tertiary/aromatic N) is 1. The number of nitrogen functional groups attached to an aromatic ring is 1. The molecule has 4 bridgehead atoms. The van der Waals surface area contributed by atoms with Crippen LogP contribution in [0.5, 0.6) is 0 Å². The topological polar surface area (TPSA) is 78.1 Å². The smallest absolute Gasteiger partial charge is 0.226 e. The van der Waals surface area contributed by atoms with Crippen LogP contribution in [0.2, 0.25) is 0 Å². The number of anilines is 1. The number of aromatic nitrogens is 1. The SMILES string of the molecule is NCc1noc(N)c1C12CC3CC(CC(C3)C1)C2. The molecule has 18 heavy (non-hydrogen) atoms. The Hall–Kier alpha value is -1.03. The van der Waals surface area contributed by atoms with Crippen molar-refractivity contribution in [3.8, 4) is 0 Å². The Bertz CT molecular complexity index is 444. The molecule has 0 spiro atoms. The summed E-state index contributed by atoms with van der Waals surface area (Å²) in [5, 5.41) is 4.07. The molecule has 1 aromatic heterocycles. The minimum atomic E-state index is 0.244. The predicted molar refractivity (Wildman–Crippen MR) is 68.7 cm³/mol. The van der Waals surface area contributed by atoms with Gasteiger partial charge in [0.1, 0.15) is 5.69 Å². The molecule has 4 fully saturated rings. The Morgan fingerprint density at radius 1 is 1.11 bits per heavy atom. The summed E-state index contributed by atoms with van der Waals surface area (Å²) >= 11 is 0.